The number of carbonyl (C=O) groups is 1. The molecule has 0 aromatic heterocycles. The molecule has 1 N–H and O–H groups in total. The largest absolute Gasteiger partial charge is 0.395 e. The van der Waals surface area contributed by atoms with Gasteiger partial charge in [-0.2, -0.15) is 0 Å². The summed E-state index contributed by atoms with van der Waals surface area (Å²) in [4.78, 5) is 17.6. The molecule has 2 fully saturated rings. The monoisotopic (exact) mass is 440 g/mol. The van der Waals surface area contributed by atoms with Crippen molar-refractivity contribution in [2.24, 2.45) is 0 Å². The Balaban J connectivity index is 1.35. The van der Waals surface area contributed by atoms with Gasteiger partial charge >= 0.3 is 0 Å². The summed E-state index contributed by atoms with van der Waals surface area (Å²) in [6.07, 6.45) is 2.52. The molecule has 4 nitrogen and oxygen atoms in total. The number of carbonyl (C=O) groups excluding carboxylic acids is 1. The Bertz CT molecular complexity index is 1050. The van der Waals surface area contributed by atoms with Crippen LogP contribution in [0.5, 0.6) is 0 Å². The maximum Gasteiger partial charge on any atom is 0.227 e. The first-order valence-electron chi connectivity index (χ1n) is 12.1. The second kappa shape index (κ2) is 9.90. The van der Waals surface area contributed by atoms with Gasteiger partial charge in [0.1, 0.15) is 0 Å². The fraction of sp³-hybridized carbons (Fsp3) is 0.345. The van der Waals surface area contributed by atoms with Crippen molar-refractivity contribution in [2.75, 3.05) is 26.2 Å². The SMILES string of the molecule is O=C(Cc1ccccc1)N1CCCCN2[C@@H](CO)[C@@H](c3ccc(-c4ccccc4)cc3)[C@@H]2C1. The predicted octanol–water partition coefficient (Wildman–Crippen LogP) is 4.35. The quantitative estimate of drug-likeness (QED) is 0.642. The molecule has 0 bridgehead atoms. The van der Waals surface area contributed by atoms with Crippen LogP contribution in [0, 0.1) is 0 Å². The van der Waals surface area contributed by atoms with Crippen LogP contribution in [-0.4, -0.2) is 59.1 Å². The number of aliphatic hydroxyl groups excluding tert-OH is 1. The molecule has 170 valence electrons. The van der Waals surface area contributed by atoms with Gasteiger partial charge in [0.05, 0.1) is 13.0 Å². The molecule has 2 heterocycles. The molecule has 0 unspecified atom stereocenters. The number of aliphatic hydroxyl groups is 1. The van der Waals surface area contributed by atoms with Crippen molar-refractivity contribution in [3.05, 3.63) is 96.1 Å². The second-order valence-electron chi connectivity index (χ2n) is 9.28. The zero-order valence-corrected chi connectivity index (χ0v) is 19.0. The Kier molecular flexibility index (Phi) is 6.56. The lowest BCUT2D eigenvalue weighted by molar-refractivity contribution is -0.135. The molecule has 0 radical (unpaired) electrons. The number of benzene rings is 3. The van der Waals surface area contributed by atoms with Crippen LogP contribution in [-0.2, 0) is 11.2 Å². The van der Waals surface area contributed by atoms with Crippen LogP contribution in [0.4, 0.5) is 0 Å². The highest BCUT2D eigenvalue weighted by Crippen LogP contribution is 2.42. The van der Waals surface area contributed by atoms with Gasteiger partial charge in [0, 0.05) is 31.1 Å². The van der Waals surface area contributed by atoms with Gasteiger partial charge in [0.2, 0.25) is 5.91 Å². The van der Waals surface area contributed by atoms with E-state index in [1.807, 2.05) is 36.4 Å². The summed E-state index contributed by atoms with van der Waals surface area (Å²) in [7, 11) is 0. The summed E-state index contributed by atoms with van der Waals surface area (Å²) >= 11 is 0. The molecule has 1 amide bonds. The fourth-order valence-corrected chi connectivity index (χ4v) is 5.58. The highest BCUT2D eigenvalue weighted by molar-refractivity contribution is 5.79. The van der Waals surface area contributed by atoms with Crippen molar-refractivity contribution >= 4 is 5.91 Å². The maximum absolute atomic E-state index is 13.2. The predicted molar refractivity (Wildman–Crippen MR) is 132 cm³/mol. The summed E-state index contributed by atoms with van der Waals surface area (Å²) in [5.41, 5.74) is 4.73. The summed E-state index contributed by atoms with van der Waals surface area (Å²) < 4.78 is 0. The van der Waals surface area contributed by atoms with E-state index in [0.717, 1.165) is 38.0 Å². The summed E-state index contributed by atoms with van der Waals surface area (Å²) in [6.45, 7) is 2.70. The van der Waals surface area contributed by atoms with Gasteiger partial charge in [-0.3, -0.25) is 9.69 Å². The molecule has 33 heavy (non-hydrogen) atoms. The standard InChI is InChI=1S/C29H32N2O2/c32-21-27-29(25-15-13-24(14-16-25)23-11-5-2-6-12-23)26-20-30(17-7-8-18-31(26)27)28(33)19-22-9-3-1-4-10-22/h1-6,9-16,26-27,29,32H,7-8,17-21H2/t26-,27-,29-/m0/s1. The van der Waals surface area contributed by atoms with Gasteiger partial charge in [-0.05, 0) is 41.6 Å². The molecular weight excluding hydrogens is 408 g/mol. The zero-order valence-electron chi connectivity index (χ0n) is 19.0. The van der Waals surface area contributed by atoms with Crippen LogP contribution in [0.15, 0.2) is 84.9 Å². The van der Waals surface area contributed by atoms with Gasteiger partial charge in [0.15, 0.2) is 0 Å². The van der Waals surface area contributed by atoms with Crippen molar-refractivity contribution in [3.63, 3.8) is 0 Å². The first-order valence-corrected chi connectivity index (χ1v) is 12.1. The number of hydrogen-bond donors (Lipinski definition) is 1. The van der Waals surface area contributed by atoms with Crippen LogP contribution >= 0.6 is 0 Å². The summed E-state index contributed by atoms with van der Waals surface area (Å²) in [5, 5.41) is 10.2. The highest BCUT2D eigenvalue weighted by atomic mass is 16.3. The molecule has 2 aliphatic heterocycles. The van der Waals surface area contributed by atoms with E-state index in [1.54, 1.807) is 0 Å². The molecular formula is C29H32N2O2. The van der Waals surface area contributed by atoms with Gasteiger partial charge in [0.25, 0.3) is 0 Å². The zero-order chi connectivity index (χ0) is 22.6. The lowest BCUT2D eigenvalue weighted by Crippen LogP contribution is -2.68. The van der Waals surface area contributed by atoms with Crippen molar-refractivity contribution < 1.29 is 9.90 Å². The number of amides is 1. The van der Waals surface area contributed by atoms with E-state index in [4.69, 9.17) is 0 Å². The number of hydrogen-bond acceptors (Lipinski definition) is 3. The van der Waals surface area contributed by atoms with E-state index >= 15 is 0 Å². The Morgan fingerprint density at radius 3 is 2.15 bits per heavy atom. The van der Waals surface area contributed by atoms with Gasteiger partial charge in [-0.15, -0.1) is 0 Å². The third-order valence-electron chi connectivity index (χ3n) is 7.32. The average molecular weight is 441 g/mol. The van der Waals surface area contributed by atoms with E-state index in [-0.39, 0.29) is 30.5 Å². The van der Waals surface area contributed by atoms with Gasteiger partial charge in [-0.1, -0.05) is 84.9 Å². The molecule has 0 saturated carbocycles. The van der Waals surface area contributed by atoms with Crippen LogP contribution in [0.25, 0.3) is 11.1 Å². The smallest absolute Gasteiger partial charge is 0.227 e. The molecule has 3 atom stereocenters. The van der Waals surface area contributed by atoms with Crippen LogP contribution in [0.2, 0.25) is 0 Å². The van der Waals surface area contributed by atoms with E-state index in [9.17, 15) is 9.90 Å². The van der Waals surface area contributed by atoms with Crippen molar-refractivity contribution in [2.45, 2.75) is 37.3 Å². The number of nitrogens with zero attached hydrogens (tertiary/aromatic N) is 2. The normalized spacial score (nSPS) is 23.2. The minimum absolute atomic E-state index is 0.127. The lowest BCUT2D eigenvalue weighted by Gasteiger charge is -2.57. The third-order valence-corrected chi connectivity index (χ3v) is 7.32. The van der Waals surface area contributed by atoms with Gasteiger partial charge < -0.3 is 10.0 Å². The third kappa shape index (κ3) is 4.59. The Hall–Kier alpha value is -2.95. The van der Waals surface area contributed by atoms with E-state index < -0.39 is 0 Å². The lowest BCUT2D eigenvalue weighted by atomic mass is 9.74. The number of fused-ring (bicyclic) bond motifs is 1. The molecule has 2 aliphatic rings. The van der Waals surface area contributed by atoms with Crippen LogP contribution in [0.3, 0.4) is 0 Å². The van der Waals surface area contributed by atoms with E-state index in [0.29, 0.717) is 6.42 Å². The Labute approximate surface area is 196 Å². The Morgan fingerprint density at radius 2 is 1.45 bits per heavy atom. The molecule has 3 aromatic carbocycles. The summed E-state index contributed by atoms with van der Waals surface area (Å²) in [6, 6.07) is 29.6. The van der Waals surface area contributed by atoms with Gasteiger partial charge in [-0.25, -0.2) is 0 Å². The first kappa shape index (κ1) is 21.9. The minimum atomic E-state index is 0.127. The van der Waals surface area contributed by atoms with E-state index in [1.165, 1.54) is 16.7 Å². The average Bonchev–Trinajstić information content (AvgIpc) is 2.84. The van der Waals surface area contributed by atoms with E-state index in [2.05, 4.69) is 58.3 Å². The molecule has 0 aliphatic carbocycles. The van der Waals surface area contributed by atoms with Crippen molar-refractivity contribution in [1.29, 1.82) is 0 Å². The Morgan fingerprint density at radius 1 is 0.818 bits per heavy atom. The van der Waals surface area contributed by atoms with Crippen molar-refractivity contribution in [1.82, 2.24) is 9.80 Å². The molecule has 0 spiro atoms. The second-order valence-corrected chi connectivity index (χ2v) is 9.28. The fourth-order valence-electron chi connectivity index (χ4n) is 5.58. The highest BCUT2D eigenvalue weighted by Gasteiger charge is 2.49. The topological polar surface area (TPSA) is 43.8 Å². The maximum atomic E-state index is 13.2. The number of rotatable bonds is 5. The summed E-state index contributed by atoms with van der Waals surface area (Å²) in [5.74, 6) is 0.443. The molecule has 3 aromatic rings. The molecule has 4 heteroatoms. The molecule has 2 saturated heterocycles. The molecule has 5 rings (SSSR count). The van der Waals surface area contributed by atoms with Crippen LogP contribution < -0.4 is 0 Å². The minimum Gasteiger partial charge on any atom is -0.395 e. The first-order chi connectivity index (χ1) is 16.2. The van der Waals surface area contributed by atoms with Crippen molar-refractivity contribution in [3.8, 4) is 11.1 Å². The van der Waals surface area contributed by atoms with Crippen LogP contribution in [0.1, 0.15) is 29.9 Å².